The molecule has 0 bridgehead atoms. The Kier molecular flexibility index (Phi) is 5.13. The smallest absolute Gasteiger partial charge is 0.276 e. The zero-order valence-corrected chi connectivity index (χ0v) is 21.7. The molecule has 1 saturated carbocycles. The van der Waals surface area contributed by atoms with Gasteiger partial charge in [0.1, 0.15) is 5.82 Å². The van der Waals surface area contributed by atoms with Crippen LogP contribution in [0.5, 0.6) is 0 Å². The van der Waals surface area contributed by atoms with Gasteiger partial charge in [-0.1, -0.05) is 26.8 Å². The van der Waals surface area contributed by atoms with E-state index < -0.39 is 0 Å². The van der Waals surface area contributed by atoms with E-state index in [2.05, 4.69) is 65.6 Å². The number of aromatic nitrogens is 4. The van der Waals surface area contributed by atoms with Crippen LogP contribution in [0.2, 0.25) is 0 Å². The minimum atomic E-state index is -0.101. The number of anilines is 2. The zero-order valence-electron chi connectivity index (χ0n) is 21.7. The normalized spacial score (nSPS) is 16.5. The molecule has 2 aliphatic rings. The second kappa shape index (κ2) is 8.03. The van der Waals surface area contributed by atoms with Crippen LogP contribution in [0.1, 0.15) is 70.3 Å². The summed E-state index contributed by atoms with van der Waals surface area (Å²) in [6.45, 7) is 12.5. The lowest BCUT2D eigenvalue weighted by Crippen LogP contribution is -2.33. The van der Waals surface area contributed by atoms with Crippen LogP contribution in [0.3, 0.4) is 0 Å². The van der Waals surface area contributed by atoms with Gasteiger partial charge in [-0.25, -0.2) is 14.3 Å². The molecule has 3 aromatic heterocycles. The predicted octanol–water partition coefficient (Wildman–Crippen LogP) is 5.34. The fraction of sp³-hybridized carbons (Fsp3) is 0.414. The Morgan fingerprint density at radius 3 is 2.61 bits per heavy atom. The molecule has 7 nitrogen and oxygen atoms in total. The summed E-state index contributed by atoms with van der Waals surface area (Å²) in [6.07, 6.45) is 6.06. The highest BCUT2D eigenvalue weighted by Gasteiger charge is 2.46. The van der Waals surface area contributed by atoms with Crippen LogP contribution >= 0.6 is 0 Å². The molecule has 4 aromatic rings. The summed E-state index contributed by atoms with van der Waals surface area (Å²) in [5.74, 6) is 0.715. The van der Waals surface area contributed by atoms with Crippen molar-refractivity contribution in [1.82, 2.24) is 24.6 Å². The minimum absolute atomic E-state index is 0.0181. The molecular weight excluding hydrogens is 448 g/mol. The van der Waals surface area contributed by atoms with Crippen molar-refractivity contribution in [3.8, 4) is 5.69 Å². The topological polar surface area (TPSA) is 76.8 Å². The third-order valence-electron chi connectivity index (χ3n) is 7.59. The lowest BCUT2D eigenvalue weighted by molar-refractivity contribution is 0.476. The number of nitrogens with one attached hydrogen (secondary N) is 2. The Hall–Kier alpha value is -3.45. The van der Waals surface area contributed by atoms with E-state index in [0.29, 0.717) is 16.6 Å². The van der Waals surface area contributed by atoms with Crippen molar-refractivity contribution in [2.75, 3.05) is 11.9 Å². The first kappa shape index (κ1) is 23.0. The van der Waals surface area contributed by atoms with E-state index in [4.69, 9.17) is 0 Å². The first-order chi connectivity index (χ1) is 17.2. The molecule has 0 unspecified atom stereocenters. The summed E-state index contributed by atoms with van der Waals surface area (Å²) >= 11 is 0. The maximum Gasteiger partial charge on any atom is 0.276 e. The molecule has 4 heterocycles. The summed E-state index contributed by atoms with van der Waals surface area (Å²) in [5.41, 5.74) is 6.81. The molecule has 2 N–H and O–H groups in total. The molecule has 1 fully saturated rings. The van der Waals surface area contributed by atoms with Crippen LogP contribution in [-0.4, -0.2) is 25.9 Å². The van der Waals surface area contributed by atoms with Crippen molar-refractivity contribution >= 4 is 22.4 Å². The zero-order chi connectivity index (χ0) is 25.2. The number of nitrogens with zero attached hydrogens (tertiary/aromatic N) is 4. The molecule has 36 heavy (non-hydrogen) atoms. The third-order valence-corrected chi connectivity index (χ3v) is 7.59. The Morgan fingerprint density at radius 2 is 1.89 bits per heavy atom. The van der Waals surface area contributed by atoms with Gasteiger partial charge in [-0.15, -0.1) is 0 Å². The highest BCUT2D eigenvalue weighted by molar-refractivity contribution is 5.83. The van der Waals surface area contributed by atoms with Gasteiger partial charge in [0.05, 0.1) is 16.6 Å². The van der Waals surface area contributed by atoms with Crippen molar-refractivity contribution in [3.05, 3.63) is 76.0 Å². The molecule has 186 valence electrons. The molecule has 0 saturated heterocycles. The molecule has 1 aromatic carbocycles. The van der Waals surface area contributed by atoms with Gasteiger partial charge in [-0.2, -0.15) is 0 Å². The van der Waals surface area contributed by atoms with Crippen LogP contribution < -0.4 is 16.2 Å². The fourth-order valence-corrected chi connectivity index (χ4v) is 5.49. The third kappa shape index (κ3) is 3.73. The van der Waals surface area contributed by atoms with E-state index in [9.17, 15) is 4.79 Å². The molecule has 0 radical (unpaired) electrons. The molecular formula is C29H34N6O. The van der Waals surface area contributed by atoms with E-state index in [1.165, 1.54) is 24.0 Å². The van der Waals surface area contributed by atoms with Crippen LogP contribution in [0.25, 0.3) is 16.6 Å². The van der Waals surface area contributed by atoms with Gasteiger partial charge in [0.25, 0.3) is 5.56 Å². The van der Waals surface area contributed by atoms with Crippen LogP contribution in [0, 0.1) is 0 Å². The average Bonchev–Trinajstić information content (AvgIpc) is 3.54. The number of benzene rings is 1. The van der Waals surface area contributed by atoms with Crippen molar-refractivity contribution < 1.29 is 0 Å². The first-order valence-corrected chi connectivity index (χ1v) is 12.9. The van der Waals surface area contributed by atoms with Crippen molar-refractivity contribution in [3.63, 3.8) is 0 Å². The van der Waals surface area contributed by atoms with Gasteiger partial charge in [0.2, 0.25) is 0 Å². The maximum absolute atomic E-state index is 13.4. The van der Waals surface area contributed by atoms with Gasteiger partial charge < -0.3 is 10.6 Å². The number of hydrogen-bond acceptors (Lipinski definition) is 5. The lowest BCUT2D eigenvalue weighted by atomic mass is 9.88. The average molecular weight is 483 g/mol. The van der Waals surface area contributed by atoms with E-state index in [1.807, 2.05) is 36.9 Å². The largest absolute Gasteiger partial charge is 0.340 e. The van der Waals surface area contributed by atoms with Gasteiger partial charge in [-0.3, -0.25) is 9.78 Å². The Labute approximate surface area is 211 Å². The SMILES string of the molecule is CC(C)n1c(=O)c2cnc(Nc3ccc4c(c3)CNCC43CC3)cc2n1-c1ccnc(C(C)(C)C)c1. The molecule has 6 rings (SSSR count). The van der Waals surface area contributed by atoms with Gasteiger partial charge in [-0.05, 0) is 62.1 Å². The monoisotopic (exact) mass is 482 g/mol. The van der Waals surface area contributed by atoms with Gasteiger partial charge in [0.15, 0.2) is 0 Å². The van der Waals surface area contributed by atoms with Gasteiger partial charge >= 0.3 is 0 Å². The molecule has 7 heteroatoms. The number of pyridine rings is 2. The van der Waals surface area contributed by atoms with Crippen LogP contribution in [-0.2, 0) is 17.4 Å². The highest BCUT2D eigenvalue weighted by Crippen LogP contribution is 2.50. The predicted molar refractivity (Wildman–Crippen MR) is 145 cm³/mol. The van der Waals surface area contributed by atoms with E-state index in [-0.39, 0.29) is 17.0 Å². The van der Waals surface area contributed by atoms with E-state index in [0.717, 1.165) is 35.7 Å². The molecule has 0 amide bonds. The Bertz CT molecular complexity index is 1530. The standard InChI is InChI=1S/C29H34N6O/c1-18(2)34-27(36)22-16-32-26(14-24(22)35(34)21-8-11-31-25(13-21)28(3,4)5)33-20-6-7-23-19(12-20)15-30-17-29(23)9-10-29/h6-8,11-14,16,18,30H,9-10,15,17H2,1-5H3,(H,32,33). The summed E-state index contributed by atoms with van der Waals surface area (Å²) < 4.78 is 3.82. The Morgan fingerprint density at radius 1 is 1.08 bits per heavy atom. The summed E-state index contributed by atoms with van der Waals surface area (Å²) in [6, 6.07) is 12.7. The van der Waals surface area contributed by atoms with Crippen LogP contribution in [0.15, 0.2) is 53.6 Å². The molecule has 1 aliphatic heterocycles. The number of hydrogen-bond donors (Lipinski definition) is 2. The number of fused-ring (bicyclic) bond motifs is 3. The van der Waals surface area contributed by atoms with Crippen molar-refractivity contribution in [2.24, 2.45) is 0 Å². The second-order valence-electron chi connectivity index (χ2n) is 11.7. The van der Waals surface area contributed by atoms with Crippen molar-refractivity contribution in [2.45, 2.75) is 70.9 Å². The Balaban J connectivity index is 1.44. The van der Waals surface area contributed by atoms with Gasteiger partial charge in [0, 0.05) is 59.8 Å². The quantitative estimate of drug-likeness (QED) is 0.411. The molecule has 1 spiro atoms. The first-order valence-electron chi connectivity index (χ1n) is 12.9. The van der Waals surface area contributed by atoms with Crippen molar-refractivity contribution in [1.29, 1.82) is 0 Å². The summed E-state index contributed by atoms with van der Waals surface area (Å²) in [5, 5.41) is 7.68. The summed E-state index contributed by atoms with van der Waals surface area (Å²) in [4.78, 5) is 22.6. The molecule has 1 aliphatic carbocycles. The highest BCUT2D eigenvalue weighted by atomic mass is 16.1. The fourth-order valence-electron chi connectivity index (χ4n) is 5.49. The van der Waals surface area contributed by atoms with Crippen LogP contribution in [0.4, 0.5) is 11.5 Å². The number of rotatable bonds is 4. The molecule has 0 atom stereocenters. The van der Waals surface area contributed by atoms with E-state index in [1.54, 1.807) is 10.9 Å². The minimum Gasteiger partial charge on any atom is -0.340 e. The van der Waals surface area contributed by atoms with E-state index >= 15 is 0 Å². The summed E-state index contributed by atoms with van der Waals surface area (Å²) in [7, 11) is 0. The lowest BCUT2D eigenvalue weighted by Gasteiger charge is -2.26. The maximum atomic E-state index is 13.4. The second-order valence-corrected chi connectivity index (χ2v) is 11.7.